The topological polar surface area (TPSA) is 45.4 Å². The van der Waals surface area contributed by atoms with E-state index in [1.165, 1.54) is 12.7 Å². The van der Waals surface area contributed by atoms with Crippen molar-refractivity contribution in [2.45, 2.75) is 18.9 Å². The van der Waals surface area contributed by atoms with Gasteiger partial charge in [-0.3, -0.25) is 0 Å². The Balaban J connectivity index is 2.15. The van der Waals surface area contributed by atoms with Crippen LogP contribution in [0.5, 0.6) is 5.75 Å². The summed E-state index contributed by atoms with van der Waals surface area (Å²) >= 11 is 0. The molecule has 1 fully saturated rings. The van der Waals surface area contributed by atoms with E-state index in [1.807, 2.05) is 0 Å². The molecule has 2 N–H and O–H groups in total. The first kappa shape index (κ1) is 6.73. The minimum absolute atomic E-state index is 0.216. The van der Waals surface area contributed by atoms with Gasteiger partial charge in [-0.2, -0.15) is 0 Å². The maximum absolute atomic E-state index is 8.99. The molecule has 2 heterocycles. The number of rotatable bonds is 1. The highest BCUT2D eigenvalue weighted by Crippen LogP contribution is 2.26. The fourth-order valence-corrected chi connectivity index (χ4v) is 1.45. The van der Waals surface area contributed by atoms with Crippen molar-refractivity contribution in [1.82, 2.24) is 5.32 Å². The van der Waals surface area contributed by atoms with Crippen LogP contribution >= 0.6 is 0 Å². The predicted octanol–water partition coefficient (Wildman–Crippen LogP) is 1.41. The number of aromatic hydroxyl groups is 1. The Bertz CT molecular complexity index is 238. The van der Waals surface area contributed by atoms with Gasteiger partial charge in [0.1, 0.15) is 12.0 Å². The summed E-state index contributed by atoms with van der Waals surface area (Å²) in [5, 5.41) is 12.3. The van der Waals surface area contributed by atoms with Crippen LogP contribution in [0.4, 0.5) is 0 Å². The van der Waals surface area contributed by atoms with Crippen molar-refractivity contribution in [3.05, 3.63) is 18.1 Å². The molecule has 1 aliphatic heterocycles. The van der Waals surface area contributed by atoms with Crippen LogP contribution in [0.3, 0.4) is 0 Å². The predicted molar refractivity (Wildman–Crippen MR) is 40.4 cm³/mol. The molecule has 0 radical (unpaired) electrons. The van der Waals surface area contributed by atoms with Gasteiger partial charge in [-0.1, -0.05) is 0 Å². The summed E-state index contributed by atoms with van der Waals surface area (Å²) in [6.45, 7) is 1.05. The molecule has 60 valence electrons. The van der Waals surface area contributed by atoms with Gasteiger partial charge in [-0.05, 0) is 19.4 Å². The summed E-state index contributed by atoms with van der Waals surface area (Å²) in [6, 6.07) is 1.99. The van der Waals surface area contributed by atoms with E-state index in [-0.39, 0.29) is 5.75 Å². The zero-order valence-corrected chi connectivity index (χ0v) is 6.21. The average Bonchev–Trinajstić information content (AvgIpc) is 2.55. The Morgan fingerprint density at radius 2 is 2.55 bits per heavy atom. The lowest BCUT2D eigenvalue weighted by Gasteiger charge is -2.03. The van der Waals surface area contributed by atoms with E-state index in [0.717, 1.165) is 18.7 Å². The van der Waals surface area contributed by atoms with Crippen LogP contribution in [-0.2, 0) is 0 Å². The number of hydrogen-bond acceptors (Lipinski definition) is 3. The quantitative estimate of drug-likeness (QED) is 0.641. The van der Waals surface area contributed by atoms with Gasteiger partial charge in [0.05, 0.1) is 6.04 Å². The maximum atomic E-state index is 8.99. The molecule has 1 saturated heterocycles. The molecule has 1 aromatic heterocycles. The van der Waals surface area contributed by atoms with E-state index in [0.29, 0.717) is 6.04 Å². The first-order valence-corrected chi connectivity index (χ1v) is 3.87. The van der Waals surface area contributed by atoms with Crippen molar-refractivity contribution in [1.29, 1.82) is 0 Å². The molecule has 1 aliphatic rings. The van der Waals surface area contributed by atoms with Crippen molar-refractivity contribution in [3.8, 4) is 5.75 Å². The molecular formula is C8H11NO2. The highest BCUT2D eigenvalue weighted by Gasteiger charge is 2.19. The summed E-state index contributed by atoms with van der Waals surface area (Å²) in [4.78, 5) is 0. The fourth-order valence-electron chi connectivity index (χ4n) is 1.45. The van der Waals surface area contributed by atoms with Gasteiger partial charge in [0.2, 0.25) is 0 Å². The molecular weight excluding hydrogens is 142 g/mol. The highest BCUT2D eigenvalue weighted by atomic mass is 16.4. The minimum atomic E-state index is 0.216. The molecule has 1 aromatic rings. The molecule has 11 heavy (non-hydrogen) atoms. The maximum Gasteiger partial charge on any atom is 0.154 e. The lowest BCUT2D eigenvalue weighted by molar-refractivity contribution is 0.430. The zero-order chi connectivity index (χ0) is 7.68. The van der Waals surface area contributed by atoms with Crippen molar-refractivity contribution < 1.29 is 9.52 Å². The summed E-state index contributed by atoms with van der Waals surface area (Å²) in [5.74, 6) is 1.06. The van der Waals surface area contributed by atoms with Crippen LogP contribution < -0.4 is 5.32 Å². The summed E-state index contributed by atoms with van der Waals surface area (Å²) < 4.78 is 5.14. The summed E-state index contributed by atoms with van der Waals surface area (Å²) in [5.41, 5.74) is 0. The van der Waals surface area contributed by atoms with Crippen LogP contribution in [0, 0.1) is 0 Å². The SMILES string of the molecule is Oc1coc([C@H]2CCCN2)c1. The van der Waals surface area contributed by atoms with Gasteiger partial charge < -0.3 is 14.8 Å². The van der Waals surface area contributed by atoms with Crippen LogP contribution in [0.2, 0.25) is 0 Å². The van der Waals surface area contributed by atoms with Crippen molar-refractivity contribution in [3.63, 3.8) is 0 Å². The molecule has 0 spiro atoms. The lowest BCUT2D eigenvalue weighted by atomic mass is 10.2. The summed E-state index contributed by atoms with van der Waals surface area (Å²) in [6.07, 6.45) is 3.66. The first-order chi connectivity index (χ1) is 5.36. The Hall–Kier alpha value is -0.960. The normalized spacial score (nSPS) is 24.2. The van der Waals surface area contributed by atoms with Gasteiger partial charge in [-0.25, -0.2) is 0 Å². The third-order valence-electron chi connectivity index (χ3n) is 2.01. The monoisotopic (exact) mass is 153 g/mol. The van der Waals surface area contributed by atoms with E-state index in [1.54, 1.807) is 6.07 Å². The Kier molecular flexibility index (Phi) is 1.58. The van der Waals surface area contributed by atoms with Gasteiger partial charge in [0.15, 0.2) is 5.75 Å². The summed E-state index contributed by atoms with van der Waals surface area (Å²) in [7, 11) is 0. The average molecular weight is 153 g/mol. The van der Waals surface area contributed by atoms with Gasteiger partial charge >= 0.3 is 0 Å². The fraction of sp³-hybridized carbons (Fsp3) is 0.500. The molecule has 0 unspecified atom stereocenters. The van der Waals surface area contributed by atoms with E-state index in [9.17, 15) is 0 Å². The van der Waals surface area contributed by atoms with E-state index < -0.39 is 0 Å². The standard InChI is InChI=1S/C8H11NO2/c10-6-4-8(11-5-6)7-2-1-3-9-7/h4-5,7,9-10H,1-3H2/t7-/m1/s1. The number of nitrogens with one attached hydrogen (secondary N) is 1. The second-order valence-corrected chi connectivity index (χ2v) is 2.86. The van der Waals surface area contributed by atoms with Crippen molar-refractivity contribution in [2.24, 2.45) is 0 Å². The van der Waals surface area contributed by atoms with Crippen LogP contribution in [-0.4, -0.2) is 11.7 Å². The zero-order valence-electron chi connectivity index (χ0n) is 6.21. The third-order valence-corrected chi connectivity index (χ3v) is 2.01. The molecule has 1 atom stereocenters. The molecule has 0 bridgehead atoms. The molecule has 0 saturated carbocycles. The molecule has 2 rings (SSSR count). The Morgan fingerprint density at radius 1 is 1.64 bits per heavy atom. The Labute approximate surface area is 65.0 Å². The number of furan rings is 1. The van der Waals surface area contributed by atoms with Crippen LogP contribution in [0.15, 0.2) is 16.7 Å². The van der Waals surface area contributed by atoms with Gasteiger partial charge in [0, 0.05) is 6.07 Å². The molecule has 0 amide bonds. The van der Waals surface area contributed by atoms with E-state index >= 15 is 0 Å². The first-order valence-electron chi connectivity index (χ1n) is 3.87. The minimum Gasteiger partial charge on any atom is -0.505 e. The lowest BCUT2D eigenvalue weighted by Crippen LogP contribution is -2.11. The largest absolute Gasteiger partial charge is 0.505 e. The van der Waals surface area contributed by atoms with Crippen LogP contribution in [0.1, 0.15) is 24.6 Å². The Morgan fingerprint density at radius 3 is 3.09 bits per heavy atom. The second-order valence-electron chi connectivity index (χ2n) is 2.86. The van der Waals surface area contributed by atoms with Crippen LogP contribution in [0.25, 0.3) is 0 Å². The molecule has 3 heteroatoms. The van der Waals surface area contributed by atoms with Gasteiger partial charge in [-0.15, -0.1) is 0 Å². The van der Waals surface area contributed by atoms with Crippen molar-refractivity contribution in [2.75, 3.05) is 6.54 Å². The van der Waals surface area contributed by atoms with E-state index in [2.05, 4.69) is 5.32 Å². The third kappa shape index (κ3) is 1.24. The molecule has 0 aliphatic carbocycles. The molecule has 3 nitrogen and oxygen atoms in total. The van der Waals surface area contributed by atoms with E-state index in [4.69, 9.17) is 9.52 Å². The van der Waals surface area contributed by atoms with Gasteiger partial charge in [0.25, 0.3) is 0 Å². The second kappa shape index (κ2) is 2.58. The van der Waals surface area contributed by atoms with Crippen molar-refractivity contribution >= 4 is 0 Å². The molecule has 0 aromatic carbocycles. The highest BCUT2D eigenvalue weighted by molar-refractivity contribution is 5.20. The smallest absolute Gasteiger partial charge is 0.154 e. The number of hydrogen-bond donors (Lipinski definition) is 2.